The van der Waals surface area contributed by atoms with E-state index in [-0.39, 0.29) is 6.42 Å². The monoisotopic (exact) mass is 243 g/mol. The third-order valence-corrected chi connectivity index (χ3v) is 2.88. The molecule has 6 heteroatoms. The van der Waals surface area contributed by atoms with E-state index < -0.39 is 5.97 Å². The lowest BCUT2D eigenvalue weighted by Crippen LogP contribution is -1.98. The predicted molar refractivity (Wildman–Crippen MR) is 62.8 cm³/mol. The van der Waals surface area contributed by atoms with Crippen molar-refractivity contribution in [3.05, 3.63) is 10.6 Å². The van der Waals surface area contributed by atoms with Crippen LogP contribution in [0.3, 0.4) is 0 Å². The molecule has 0 fully saturated rings. The molecule has 0 amide bonds. The maximum atomic E-state index is 10.3. The molecule has 5 nitrogen and oxygen atoms in total. The van der Waals surface area contributed by atoms with Crippen LogP contribution >= 0.6 is 12.2 Å². The van der Waals surface area contributed by atoms with Crippen molar-refractivity contribution < 1.29 is 9.90 Å². The van der Waals surface area contributed by atoms with Gasteiger partial charge in [0.15, 0.2) is 4.77 Å². The van der Waals surface area contributed by atoms with Gasteiger partial charge in [0.05, 0.1) is 0 Å². The Balaban J connectivity index is 2.14. The Morgan fingerprint density at radius 3 is 2.69 bits per heavy atom. The Kier molecular flexibility index (Phi) is 5.18. The Hall–Kier alpha value is -1.17. The molecule has 2 N–H and O–H groups in total. The molecule has 0 aliphatic rings. The maximum absolute atomic E-state index is 10.3. The van der Waals surface area contributed by atoms with Gasteiger partial charge in [-0.05, 0) is 25.1 Å². The molecule has 16 heavy (non-hydrogen) atoms. The molecule has 0 aliphatic carbocycles. The van der Waals surface area contributed by atoms with Crippen LogP contribution in [0.15, 0.2) is 0 Å². The van der Waals surface area contributed by atoms with E-state index in [9.17, 15) is 4.79 Å². The molecule has 1 aromatic heterocycles. The molecule has 0 spiro atoms. The molecule has 0 unspecified atom stereocenters. The number of H-pyrrole nitrogens is 1. The number of carboxylic acids is 1. The molecular formula is C10H17N3O2S. The molecule has 0 aliphatic heterocycles. The molecule has 90 valence electrons. The van der Waals surface area contributed by atoms with Crippen LogP contribution in [0.25, 0.3) is 0 Å². The second-order valence-corrected chi connectivity index (χ2v) is 4.20. The second-order valence-electron chi connectivity index (χ2n) is 3.81. The van der Waals surface area contributed by atoms with Gasteiger partial charge in [-0.1, -0.05) is 12.8 Å². The van der Waals surface area contributed by atoms with Gasteiger partial charge in [0, 0.05) is 19.9 Å². The van der Waals surface area contributed by atoms with Crippen LogP contribution in [0.2, 0.25) is 0 Å². The largest absolute Gasteiger partial charge is 0.481 e. The van der Waals surface area contributed by atoms with Crippen LogP contribution in [-0.2, 0) is 18.3 Å². The molecular weight excluding hydrogens is 226 g/mol. The molecule has 1 rings (SSSR count). The molecule has 0 saturated heterocycles. The number of carboxylic acid groups (broad SMARTS) is 1. The summed E-state index contributed by atoms with van der Waals surface area (Å²) in [4.78, 5) is 10.3. The first-order valence-electron chi connectivity index (χ1n) is 5.43. The normalized spacial score (nSPS) is 10.6. The topological polar surface area (TPSA) is 70.9 Å². The van der Waals surface area contributed by atoms with Crippen LogP contribution in [0.5, 0.6) is 0 Å². The first-order chi connectivity index (χ1) is 7.61. The highest BCUT2D eigenvalue weighted by molar-refractivity contribution is 7.71. The summed E-state index contributed by atoms with van der Waals surface area (Å²) >= 11 is 5.00. The van der Waals surface area contributed by atoms with Crippen LogP contribution in [-0.4, -0.2) is 25.8 Å². The van der Waals surface area contributed by atoms with Gasteiger partial charge in [-0.15, -0.1) is 0 Å². The van der Waals surface area contributed by atoms with Gasteiger partial charge in [-0.3, -0.25) is 9.89 Å². The zero-order valence-corrected chi connectivity index (χ0v) is 10.2. The van der Waals surface area contributed by atoms with Crippen LogP contribution in [0.1, 0.15) is 37.9 Å². The molecule has 0 radical (unpaired) electrons. The SMILES string of the molecule is Cn1c(CCCCCCC(=O)O)n[nH]c1=S. The number of aryl methyl sites for hydroxylation is 1. The van der Waals surface area contributed by atoms with E-state index in [1.165, 1.54) is 0 Å². The third kappa shape index (κ3) is 4.14. The van der Waals surface area contributed by atoms with Crippen LogP contribution in [0.4, 0.5) is 0 Å². The number of hydrogen-bond acceptors (Lipinski definition) is 3. The van der Waals surface area contributed by atoms with Crippen molar-refractivity contribution in [3.63, 3.8) is 0 Å². The van der Waals surface area contributed by atoms with Crippen LogP contribution in [0, 0.1) is 4.77 Å². The molecule has 0 atom stereocenters. The molecule has 1 aromatic rings. The summed E-state index contributed by atoms with van der Waals surface area (Å²) in [6, 6.07) is 0. The standard InChI is InChI=1S/C10H17N3O2S/c1-13-8(11-12-10(13)16)6-4-2-3-5-7-9(14)15/h2-7H2,1H3,(H,12,16)(H,14,15). The van der Waals surface area contributed by atoms with Crippen molar-refractivity contribution >= 4 is 18.2 Å². The van der Waals surface area contributed by atoms with Gasteiger partial charge in [0.25, 0.3) is 0 Å². The fourth-order valence-corrected chi connectivity index (χ4v) is 1.67. The predicted octanol–water partition coefficient (Wildman–Crippen LogP) is 2.06. The quantitative estimate of drug-likeness (QED) is 0.568. The number of aliphatic carboxylic acids is 1. The Morgan fingerprint density at radius 2 is 2.12 bits per heavy atom. The summed E-state index contributed by atoms with van der Waals surface area (Å²) in [6.07, 6.45) is 4.93. The minimum absolute atomic E-state index is 0.270. The summed E-state index contributed by atoms with van der Waals surface area (Å²) < 4.78 is 2.51. The molecule has 1 heterocycles. The van der Waals surface area contributed by atoms with Crippen molar-refractivity contribution in [2.75, 3.05) is 0 Å². The highest BCUT2D eigenvalue weighted by atomic mass is 32.1. The van der Waals surface area contributed by atoms with Gasteiger partial charge in [-0.25, -0.2) is 0 Å². The lowest BCUT2D eigenvalue weighted by atomic mass is 10.1. The maximum Gasteiger partial charge on any atom is 0.303 e. The number of aromatic amines is 1. The van der Waals surface area contributed by atoms with E-state index in [2.05, 4.69) is 10.2 Å². The summed E-state index contributed by atoms with van der Waals surface area (Å²) in [5, 5.41) is 15.3. The average molecular weight is 243 g/mol. The average Bonchev–Trinajstić information content (AvgIpc) is 2.54. The fraction of sp³-hybridized carbons (Fsp3) is 0.700. The lowest BCUT2D eigenvalue weighted by Gasteiger charge is -2.00. The summed E-state index contributed by atoms with van der Waals surface area (Å²) in [7, 11) is 1.89. The van der Waals surface area contributed by atoms with Crippen LogP contribution < -0.4 is 0 Å². The molecule has 0 bridgehead atoms. The lowest BCUT2D eigenvalue weighted by molar-refractivity contribution is -0.137. The zero-order valence-electron chi connectivity index (χ0n) is 9.40. The second kappa shape index (κ2) is 6.42. The fourth-order valence-electron chi connectivity index (χ4n) is 1.52. The number of unbranched alkanes of at least 4 members (excludes halogenated alkanes) is 3. The van der Waals surface area contributed by atoms with E-state index in [0.29, 0.717) is 4.77 Å². The van der Waals surface area contributed by atoms with E-state index in [1.807, 2.05) is 11.6 Å². The van der Waals surface area contributed by atoms with Gasteiger partial charge < -0.3 is 9.67 Å². The first-order valence-corrected chi connectivity index (χ1v) is 5.84. The number of nitrogens with zero attached hydrogens (tertiary/aromatic N) is 2. The molecule has 0 saturated carbocycles. The van der Waals surface area contributed by atoms with E-state index in [1.54, 1.807) is 0 Å². The van der Waals surface area contributed by atoms with Crippen molar-refractivity contribution in [2.45, 2.75) is 38.5 Å². The van der Waals surface area contributed by atoms with E-state index in [4.69, 9.17) is 17.3 Å². The minimum Gasteiger partial charge on any atom is -0.481 e. The number of aromatic nitrogens is 3. The van der Waals surface area contributed by atoms with E-state index in [0.717, 1.165) is 37.9 Å². The Morgan fingerprint density at radius 1 is 1.44 bits per heavy atom. The number of rotatable bonds is 7. The zero-order chi connectivity index (χ0) is 12.0. The first kappa shape index (κ1) is 12.9. The summed E-state index contributed by atoms with van der Waals surface area (Å²) in [6.45, 7) is 0. The number of nitrogens with one attached hydrogen (secondary N) is 1. The van der Waals surface area contributed by atoms with Gasteiger partial charge in [-0.2, -0.15) is 5.10 Å². The van der Waals surface area contributed by atoms with Crippen molar-refractivity contribution in [1.29, 1.82) is 0 Å². The Bertz CT molecular complexity index is 397. The van der Waals surface area contributed by atoms with E-state index >= 15 is 0 Å². The minimum atomic E-state index is -0.713. The Labute approximate surface area is 99.5 Å². The van der Waals surface area contributed by atoms with Gasteiger partial charge >= 0.3 is 5.97 Å². The van der Waals surface area contributed by atoms with Crippen molar-refractivity contribution in [1.82, 2.24) is 14.8 Å². The highest BCUT2D eigenvalue weighted by Crippen LogP contribution is 2.07. The number of carbonyl (C=O) groups is 1. The summed E-state index contributed by atoms with van der Waals surface area (Å²) in [5.74, 6) is 0.248. The number of hydrogen-bond donors (Lipinski definition) is 2. The van der Waals surface area contributed by atoms with Gasteiger partial charge in [0.1, 0.15) is 5.82 Å². The van der Waals surface area contributed by atoms with Crippen molar-refractivity contribution in [3.8, 4) is 0 Å². The molecule has 0 aromatic carbocycles. The van der Waals surface area contributed by atoms with Crippen molar-refractivity contribution in [2.24, 2.45) is 7.05 Å². The smallest absolute Gasteiger partial charge is 0.303 e. The highest BCUT2D eigenvalue weighted by Gasteiger charge is 2.02. The summed E-state index contributed by atoms with van der Waals surface area (Å²) in [5.41, 5.74) is 0. The van der Waals surface area contributed by atoms with Gasteiger partial charge in [0.2, 0.25) is 0 Å². The third-order valence-electron chi connectivity index (χ3n) is 2.51.